The summed E-state index contributed by atoms with van der Waals surface area (Å²) < 4.78 is 1.12. The Hall–Kier alpha value is -3.10. The highest BCUT2D eigenvalue weighted by atomic mass is 32.1. The number of nitriles is 1. The first-order valence-electron chi connectivity index (χ1n) is 8.79. The van der Waals surface area contributed by atoms with Gasteiger partial charge in [-0.2, -0.15) is 5.26 Å². The molecule has 0 fully saturated rings. The van der Waals surface area contributed by atoms with Crippen LogP contribution in [0.25, 0.3) is 37.9 Å². The van der Waals surface area contributed by atoms with Gasteiger partial charge in [-0.25, -0.2) is 9.97 Å². The average molecular weight is 370 g/mol. The largest absolute Gasteiger partial charge is 0.252 e. The fraction of sp³-hybridized carbons (Fsp3) is 0.182. The van der Waals surface area contributed by atoms with Crippen LogP contribution in [-0.2, 0) is 6.42 Å². The normalized spacial score (nSPS) is 11.0. The summed E-state index contributed by atoms with van der Waals surface area (Å²) in [5, 5.41) is 10.3. The maximum absolute atomic E-state index is 9.47. The van der Waals surface area contributed by atoms with Crippen LogP contribution >= 0.6 is 11.3 Å². The van der Waals surface area contributed by atoms with Gasteiger partial charge in [-0.05, 0) is 49.1 Å². The molecule has 2 aromatic carbocycles. The van der Waals surface area contributed by atoms with Crippen molar-refractivity contribution in [1.82, 2.24) is 15.0 Å². The van der Waals surface area contributed by atoms with E-state index in [1.807, 2.05) is 19.1 Å². The Balaban J connectivity index is 2.06. The molecule has 0 spiro atoms. The topological polar surface area (TPSA) is 62.5 Å². The van der Waals surface area contributed by atoms with Gasteiger partial charge in [-0.15, -0.1) is 11.3 Å². The predicted molar refractivity (Wildman–Crippen MR) is 112 cm³/mol. The monoisotopic (exact) mass is 370 g/mol. The van der Waals surface area contributed by atoms with Crippen LogP contribution in [0.1, 0.15) is 34.9 Å². The number of rotatable bonds is 3. The van der Waals surface area contributed by atoms with Gasteiger partial charge in [0.2, 0.25) is 0 Å². The van der Waals surface area contributed by atoms with Crippen LogP contribution in [0.3, 0.4) is 0 Å². The smallest absolute Gasteiger partial charge is 0.126 e. The molecule has 0 N–H and O–H groups in total. The van der Waals surface area contributed by atoms with E-state index in [1.165, 1.54) is 5.56 Å². The van der Waals surface area contributed by atoms with Gasteiger partial charge in [0, 0.05) is 11.8 Å². The van der Waals surface area contributed by atoms with Crippen molar-refractivity contribution in [2.24, 2.45) is 0 Å². The van der Waals surface area contributed by atoms with E-state index in [0.717, 1.165) is 55.1 Å². The van der Waals surface area contributed by atoms with Gasteiger partial charge in [0.1, 0.15) is 5.01 Å². The van der Waals surface area contributed by atoms with Crippen molar-refractivity contribution < 1.29 is 0 Å². The first-order valence-corrected chi connectivity index (χ1v) is 9.60. The molecule has 2 aromatic heterocycles. The van der Waals surface area contributed by atoms with Crippen LogP contribution in [0, 0.1) is 25.2 Å². The predicted octanol–water partition coefficient (Wildman–Crippen LogP) is 5.60. The van der Waals surface area contributed by atoms with E-state index >= 15 is 0 Å². The zero-order valence-corrected chi connectivity index (χ0v) is 16.3. The third-order valence-electron chi connectivity index (χ3n) is 4.73. The summed E-state index contributed by atoms with van der Waals surface area (Å²) in [5.41, 5.74) is 8.25. The minimum Gasteiger partial charge on any atom is -0.252 e. The van der Waals surface area contributed by atoms with Crippen LogP contribution in [0.2, 0.25) is 0 Å². The maximum Gasteiger partial charge on any atom is 0.126 e. The van der Waals surface area contributed by atoms with Crippen LogP contribution in [0.15, 0.2) is 31.0 Å². The van der Waals surface area contributed by atoms with Crippen molar-refractivity contribution in [1.29, 1.82) is 5.26 Å². The van der Waals surface area contributed by atoms with Crippen molar-refractivity contribution in [3.05, 3.63) is 58.9 Å². The Morgan fingerprint density at radius 3 is 2.67 bits per heavy atom. The van der Waals surface area contributed by atoms with Gasteiger partial charge in [-0.3, -0.25) is 4.98 Å². The van der Waals surface area contributed by atoms with Crippen LogP contribution in [-0.4, -0.2) is 15.0 Å². The van der Waals surface area contributed by atoms with E-state index in [-0.39, 0.29) is 0 Å². The highest BCUT2D eigenvalue weighted by Crippen LogP contribution is 2.38. The zero-order chi connectivity index (χ0) is 19.1. The Labute approximate surface area is 161 Å². The number of thiazole rings is 1. The van der Waals surface area contributed by atoms with Crippen molar-refractivity contribution in [3.8, 4) is 16.6 Å². The molecular formula is C22H18N4S. The Morgan fingerprint density at radius 1 is 1.15 bits per heavy atom. The van der Waals surface area contributed by atoms with E-state index in [2.05, 4.69) is 42.5 Å². The summed E-state index contributed by atoms with van der Waals surface area (Å²) in [7, 11) is 0. The van der Waals surface area contributed by atoms with Crippen molar-refractivity contribution in [2.45, 2.75) is 27.2 Å². The van der Waals surface area contributed by atoms with Crippen LogP contribution in [0.5, 0.6) is 0 Å². The number of benzene rings is 2. The summed E-state index contributed by atoms with van der Waals surface area (Å²) in [6.45, 7) is 10.2. The molecule has 2 heterocycles. The second kappa shape index (κ2) is 6.57. The molecule has 0 saturated carbocycles. The van der Waals surface area contributed by atoms with E-state index in [1.54, 1.807) is 23.6 Å². The minimum absolute atomic E-state index is 0.566. The molecule has 0 aliphatic carbocycles. The number of aryl methyl sites for hydroxylation is 3. The zero-order valence-electron chi connectivity index (χ0n) is 15.5. The number of hydrogen-bond acceptors (Lipinski definition) is 5. The molecule has 132 valence electrons. The quantitative estimate of drug-likeness (QED) is 0.471. The first kappa shape index (κ1) is 17.3. The molecule has 0 aliphatic heterocycles. The molecule has 0 unspecified atom stereocenters. The summed E-state index contributed by atoms with van der Waals surface area (Å²) in [6.07, 6.45) is 4.49. The van der Waals surface area contributed by atoms with E-state index in [9.17, 15) is 5.26 Å². The summed E-state index contributed by atoms with van der Waals surface area (Å²) in [4.78, 5) is 14.2. The molecule has 0 aliphatic rings. The van der Waals surface area contributed by atoms with Gasteiger partial charge in [0.05, 0.1) is 38.6 Å². The first-order chi connectivity index (χ1) is 13.0. The molecular weight excluding hydrogens is 352 g/mol. The van der Waals surface area contributed by atoms with E-state index < -0.39 is 0 Å². The van der Waals surface area contributed by atoms with Gasteiger partial charge in [-0.1, -0.05) is 25.6 Å². The molecule has 4 rings (SSSR count). The van der Waals surface area contributed by atoms with E-state index in [0.29, 0.717) is 5.56 Å². The van der Waals surface area contributed by atoms with Crippen LogP contribution in [0.4, 0.5) is 0 Å². The van der Waals surface area contributed by atoms with Crippen molar-refractivity contribution >= 4 is 38.7 Å². The standard InChI is InChI=1S/C22H18N4S/c1-5-15-11-24-20-17(8-14(10-23)9-18(20)25-15)22-26-19-13(4)7-12(3)16(6-2)21(19)27-22/h6-9,11H,2,5H2,1,3-4H3. The maximum atomic E-state index is 9.47. The minimum atomic E-state index is 0.566. The Kier molecular flexibility index (Phi) is 4.21. The number of aromatic nitrogens is 3. The molecule has 0 radical (unpaired) electrons. The van der Waals surface area contributed by atoms with Gasteiger partial charge in [0.15, 0.2) is 0 Å². The molecule has 0 bridgehead atoms. The Bertz CT molecular complexity index is 1260. The highest BCUT2D eigenvalue weighted by molar-refractivity contribution is 7.22. The lowest BCUT2D eigenvalue weighted by Crippen LogP contribution is -1.94. The van der Waals surface area contributed by atoms with Gasteiger partial charge >= 0.3 is 0 Å². The van der Waals surface area contributed by atoms with E-state index in [4.69, 9.17) is 4.98 Å². The lowest BCUT2D eigenvalue weighted by molar-refractivity contribution is 1.03. The molecule has 4 nitrogen and oxygen atoms in total. The number of nitrogens with zero attached hydrogens (tertiary/aromatic N) is 4. The summed E-state index contributed by atoms with van der Waals surface area (Å²) >= 11 is 1.61. The van der Waals surface area contributed by atoms with Crippen molar-refractivity contribution in [3.63, 3.8) is 0 Å². The van der Waals surface area contributed by atoms with Crippen LogP contribution < -0.4 is 0 Å². The fourth-order valence-corrected chi connectivity index (χ4v) is 4.60. The second-order valence-electron chi connectivity index (χ2n) is 6.54. The molecule has 0 atom stereocenters. The molecule has 0 saturated heterocycles. The Morgan fingerprint density at radius 2 is 1.96 bits per heavy atom. The molecule has 0 amide bonds. The van der Waals surface area contributed by atoms with Crippen molar-refractivity contribution in [2.75, 3.05) is 0 Å². The lowest BCUT2D eigenvalue weighted by atomic mass is 10.0. The average Bonchev–Trinajstić information content (AvgIpc) is 3.12. The second-order valence-corrected chi connectivity index (χ2v) is 7.54. The number of fused-ring (bicyclic) bond motifs is 2. The molecule has 5 heteroatoms. The molecule has 4 aromatic rings. The molecule has 27 heavy (non-hydrogen) atoms. The number of hydrogen-bond donors (Lipinski definition) is 0. The summed E-state index contributed by atoms with van der Waals surface area (Å²) in [5.74, 6) is 0. The van der Waals surface area contributed by atoms with Gasteiger partial charge in [0.25, 0.3) is 0 Å². The summed E-state index contributed by atoms with van der Waals surface area (Å²) in [6, 6.07) is 8.03. The lowest BCUT2D eigenvalue weighted by Gasteiger charge is -2.05. The SMILES string of the molecule is C=Cc1c(C)cc(C)c2nc(-c3cc(C#N)cc4nc(CC)cnc34)sc12. The highest BCUT2D eigenvalue weighted by Gasteiger charge is 2.17. The third kappa shape index (κ3) is 2.79. The fourth-order valence-electron chi connectivity index (χ4n) is 3.35. The third-order valence-corrected chi connectivity index (χ3v) is 5.85. The van der Waals surface area contributed by atoms with Gasteiger partial charge < -0.3 is 0 Å².